The van der Waals surface area contributed by atoms with Crippen molar-refractivity contribution in [3.05, 3.63) is 29.7 Å². The van der Waals surface area contributed by atoms with Gasteiger partial charge in [-0.05, 0) is 30.9 Å². The Balaban J connectivity index is 1.44. The lowest BCUT2D eigenvalue weighted by atomic mass is 10.2. The van der Waals surface area contributed by atoms with Crippen molar-refractivity contribution >= 4 is 17.5 Å². The summed E-state index contributed by atoms with van der Waals surface area (Å²) in [6.07, 6.45) is 5.08. The van der Waals surface area contributed by atoms with Crippen LogP contribution < -0.4 is 14.7 Å². The van der Waals surface area contributed by atoms with Gasteiger partial charge in [-0.2, -0.15) is 5.10 Å². The van der Waals surface area contributed by atoms with Crippen molar-refractivity contribution in [2.75, 3.05) is 55.0 Å². The smallest absolute Gasteiger partial charge is 0.151 e. The highest BCUT2D eigenvalue weighted by atomic mass is 15.3. The summed E-state index contributed by atoms with van der Waals surface area (Å²) in [6, 6.07) is 4.28. The molecule has 2 aromatic heterocycles. The normalized spacial score (nSPS) is 17.1. The Morgan fingerprint density at radius 2 is 1.62 bits per heavy atom. The molecule has 0 saturated carbocycles. The molecule has 7 heteroatoms. The number of hydrogen-bond donors (Lipinski definition) is 0. The van der Waals surface area contributed by atoms with Gasteiger partial charge in [-0.25, -0.2) is 9.97 Å². The summed E-state index contributed by atoms with van der Waals surface area (Å²) in [5, 5.41) is 8.85. The van der Waals surface area contributed by atoms with Crippen LogP contribution in [0.3, 0.4) is 0 Å². The van der Waals surface area contributed by atoms with Gasteiger partial charge in [-0.15, -0.1) is 5.10 Å². The zero-order chi connectivity index (χ0) is 16.5. The molecule has 0 atom stereocenters. The Morgan fingerprint density at radius 3 is 2.38 bits per heavy atom. The maximum Gasteiger partial charge on any atom is 0.151 e. The fraction of sp³-hybridized carbons (Fsp3) is 0.529. The predicted molar refractivity (Wildman–Crippen MR) is 94.8 cm³/mol. The van der Waals surface area contributed by atoms with Gasteiger partial charge in [0.15, 0.2) is 5.82 Å². The molecule has 3 heterocycles. The molecule has 126 valence electrons. The summed E-state index contributed by atoms with van der Waals surface area (Å²) in [7, 11) is 3.99. The van der Waals surface area contributed by atoms with Crippen LogP contribution in [0.15, 0.2) is 18.5 Å². The van der Waals surface area contributed by atoms with Gasteiger partial charge in [0.2, 0.25) is 0 Å². The van der Waals surface area contributed by atoms with E-state index < -0.39 is 0 Å². The minimum atomic E-state index is 0.933. The minimum absolute atomic E-state index is 0.933. The van der Waals surface area contributed by atoms with Crippen LogP contribution in [0.4, 0.5) is 17.5 Å². The Labute approximate surface area is 142 Å². The van der Waals surface area contributed by atoms with Crippen molar-refractivity contribution < 1.29 is 0 Å². The van der Waals surface area contributed by atoms with E-state index in [1.165, 1.54) is 17.7 Å². The maximum absolute atomic E-state index is 4.43. The fourth-order valence-corrected chi connectivity index (χ4v) is 3.39. The van der Waals surface area contributed by atoms with E-state index in [1.807, 2.05) is 25.1 Å². The number of hydrogen-bond acceptors (Lipinski definition) is 7. The van der Waals surface area contributed by atoms with Crippen molar-refractivity contribution in [2.24, 2.45) is 0 Å². The highest BCUT2D eigenvalue weighted by molar-refractivity contribution is 5.51. The molecule has 1 saturated heterocycles. The van der Waals surface area contributed by atoms with Gasteiger partial charge >= 0.3 is 0 Å². The zero-order valence-corrected chi connectivity index (χ0v) is 14.3. The van der Waals surface area contributed by atoms with Crippen molar-refractivity contribution in [3.8, 4) is 0 Å². The van der Waals surface area contributed by atoms with E-state index in [1.54, 1.807) is 6.33 Å². The molecule has 1 fully saturated rings. The highest BCUT2D eigenvalue weighted by Crippen LogP contribution is 2.24. The van der Waals surface area contributed by atoms with Gasteiger partial charge in [-0.1, -0.05) is 0 Å². The summed E-state index contributed by atoms with van der Waals surface area (Å²) < 4.78 is 0. The van der Waals surface area contributed by atoms with Crippen molar-refractivity contribution in [1.82, 2.24) is 20.2 Å². The first-order chi connectivity index (χ1) is 11.7. The van der Waals surface area contributed by atoms with Crippen LogP contribution in [-0.4, -0.2) is 60.4 Å². The summed E-state index contributed by atoms with van der Waals surface area (Å²) in [5.74, 6) is 2.95. The number of nitrogens with zero attached hydrogens (tertiary/aromatic N) is 7. The first kappa shape index (κ1) is 15.1. The number of aromatic nitrogens is 4. The summed E-state index contributed by atoms with van der Waals surface area (Å²) >= 11 is 0. The molecule has 1 aliphatic heterocycles. The zero-order valence-electron chi connectivity index (χ0n) is 14.3. The third-order valence-electron chi connectivity index (χ3n) is 4.83. The Bertz CT molecular complexity index is 723. The van der Waals surface area contributed by atoms with Crippen molar-refractivity contribution in [3.63, 3.8) is 0 Å². The Kier molecular flexibility index (Phi) is 3.92. The molecule has 7 nitrogen and oxygen atoms in total. The second-order valence-corrected chi connectivity index (χ2v) is 6.63. The van der Waals surface area contributed by atoms with Gasteiger partial charge in [0.05, 0.1) is 5.69 Å². The maximum atomic E-state index is 4.43. The molecular formula is C17H23N7. The average molecular weight is 325 g/mol. The largest absolute Gasteiger partial charge is 0.363 e. The van der Waals surface area contributed by atoms with Crippen LogP contribution in [0.25, 0.3) is 0 Å². The molecule has 2 aromatic rings. The van der Waals surface area contributed by atoms with Gasteiger partial charge in [0.1, 0.15) is 18.0 Å². The second-order valence-electron chi connectivity index (χ2n) is 6.63. The molecule has 0 unspecified atom stereocenters. The second kappa shape index (κ2) is 6.22. The van der Waals surface area contributed by atoms with E-state index in [0.717, 1.165) is 56.5 Å². The number of aryl methyl sites for hydroxylation is 2. The van der Waals surface area contributed by atoms with E-state index in [4.69, 9.17) is 0 Å². The molecule has 0 spiro atoms. The van der Waals surface area contributed by atoms with Crippen molar-refractivity contribution in [2.45, 2.75) is 19.3 Å². The Hall–Kier alpha value is -2.44. The van der Waals surface area contributed by atoms with E-state index in [0.29, 0.717) is 0 Å². The monoisotopic (exact) mass is 325 g/mol. The average Bonchev–Trinajstić information content (AvgIpc) is 3.09. The summed E-state index contributed by atoms with van der Waals surface area (Å²) in [4.78, 5) is 15.4. The number of rotatable bonds is 3. The number of fused-ring (bicyclic) bond motifs is 1. The summed E-state index contributed by atoms with van der Waals surface area (Å²) in [6.45, 7) is 3.74. The first-order valence-corrected chi connectivity index (χ1v) is 8.55. The molecule has 0 bridgehead atoms. The SMILES string of the molecule is CN(C)c1cc(N2CCN(c3cc4c(nn3)CCC4)CC2)ncn1. The topological polar surface area (TPSA) is 61.3 Å². The van der Waals surface area contributed by atoms with Gasteiger partial charge in [0, 0.05) is 46.3 Å². The third-order valence-corrected chi connectivity index (χ3v) is 4.83. The highest BCUT2D eigenvalue weighted by Gasteiger charge is 2.22. The molecule has 0 radical (unpaired) electrons. The van der Waals surface area contributed by atoms with E-state index in [-0.39, 0.29) is 0 Å². The van der Waals surface area contributed by atoms with Gasteiger partial charge in [-0.3, -0.25) is 0 Å². The molecular weight excluding hydrogens is 302 g/mol. The standard InChI is InChI=1S/C17H23N7/c1-22(2)15-11-16(19-12-18-15)23-6-8-24(9-7-23)17-10-13-4-3-5-14(13)20-21-17/h10-12H,3-9H2,1-2H3. The number of anilines is 3. The molecule has 1 aliphatic carbocycles. The molecule has 24 heavy (non-hydrogen) atoms. The van der Waals surface area contributed by atoms with Gasteiger partial charge in [0.25, 0.3) is 0 Å². The minimum Gasteiger partial charge on any atom is -0.363 e. The van der Waals surface area contributed by atoms with Crippen LogP contribution in [0, 0.1) is 0 Å². The molecule has 0 aromatic carbocycles. The third kappa shape index (κ3) is 2.86. The first-order valence-electron chi connectivity index (χ1n) is 8.55. The van der Waals surface area contributed by atoms with E-state index >= 15 is 0 Å². The van der Waals surface area contributed by atoms with Crippen LogP contribution in [0.2, 0.25) is 0 Å². The Morgan fingerprint density at radius 1 is 0.875 bits per heavy atom. The van der Waals surface area contributed by atoms with Crippen molar-refractivity contribution in [1.29, 1.82) is 0 Å². The summed E-state index contributed by atoms with van der Waals surface area (Å²) in [5.41, 5.74) is 2.57. The van der Waals surface area contributed by atoms with E-state index in [2.05, 4.69) is 36.0 Å². The number of piperazine rings is 1. The quantitative estimate of drug-likeness (QED) is 0.839. The molecule has 4 rings (SSSR count). The molecule has 0 amide bonds. The predicted octanol–water partition coefficient (Wildman–Crippen LogP) is 1.15. The van der Waals surface area contributed by atoms with Crippen LogP contribution in [-0.2, 0) is 12.8 Å². The van der Waals surface area contributed by atoms with Crippen LogP contribution in [0.5, 0.6) is 0 Å². The molecule has 0 N–H and O–H groups in total. The van der Waals surface area contributed by atoms with E-state index in [9.17, 15) is 0 Å². The molecule has 2 aliphatic rings. The lowest BCUT2D eigenvalue weighted by Crippen LogP contribution is -2.47. The lowest BCUT2D eigenvalue weighted by molar-refractivity contribution is 0.636. The fourth-order valence-electron chi connectivity index (χ4n) is 3.39. The van der Waals surface area contributed by atoms with Crippen LogP contribution >= 0.6 is 0 Å². The van der Waals surface area contributed by atoms with Crippen LogP contribution in [0.1, 0.15) is 17.7 Å². The van der Waals surface area contributed by atoms with Gasteiger partial charge < -0.3 is 14.7 Å². The lowest BCUT2D eigenvalue weighted by Gasteiger charge is -2.36.